The highest BCUT2D eigenvalue weighted by molar-refractivity contribution is 8.00. The molecule has 2 rings (SSSR count). The van der Waals surface area contributed by atoms with E-state index in [9.17, 15) is 0 Å². The van der Waals surface area contributed by atoms with Crippen molar-refractivity contribution in [2.75, 3.05) is 23.7 Å². The zero-order chi connectivity index (χ0) is 12.5. The van der Waals surface area contributed by atoms with Gasteiger partial charge in [-0.3, -0.25) is 5.41 Å². The third-order valence-corrected chi connectivity index (χ3v) is 4.10. The molecule has 0 amide bonds. The SMILES string of the molecule is CC1(C)CN(c2cc(C(=N)N)ccn2)CCS1. The highest BCUT2D eigenvalue weighted by Gasteiger charge is 2.27. The van der Waals surface area contributed by atoms with Gasteiger partial charge in [-0.15, -0.1) is 0 Å². The summed E-state index contributed by atoms with van der Waals surface area (Å²) in [6.07, 6.45) is 1.72. The Morgan fingerprint density at radius 2 is 2.35 bits per heavy atom. The molecule has 0 atom stereocenters. The van der Waals surface area contributed by atoms with Crippen molar-refractivity contribution < 1.29 is 0 Å². The summed E-state index contributed by atoms with van der Waals surface area (Å²) in [4.78, 5) is 6.64. The molecule has 92 valence electrons. The van der Waals surface area contributed by atoms with Crippen molar-refractivity contribution in [1.82, 2.24) is 4.98 Å². The van der Waals surface area contributed by atoms with Gasteiger partial charge in [-0.25, -0.2) is 4.98 Å². The number of hydrogen-bond acceptors (Lipinski definition) is 4. The third-order valence-electron chi connectivity index (χ3n) is 2.81. The normalized spacial score (nSPS) is 19.1. The van der Waals surface area contributed by atoms with Crippen LogP contribution in [0.5, 0.6) is 0 Å². The molecule has 0 bridgehead atoms. The van der Waals surface area contributed by atoms with Crippen molar-refractivity contribution in [3.8, 4) is 0 Å². The number of amidine groups is 1. The van der Waals surface area contributed by atoms with Crippen LogP contribution in [-0.2, 0) is 0 Å². The minimum Gasteiger partial charge on any atom is -0.384 e. The van der Waals surface area contributed by atoms with E-state index in [2.05, 4.69) is 23.7 Å². The van der Waals surface area contributed by atoms with Gasteiger partial charge in [0, 0.05) is 35.3 Å². The number of nitrogens with zero attached hydrogens (tertiary/aromatic N) is 2. The van der Waals surface area contributed by atoms with Gasteiger partial charge in [-0.1, -0.05) is 0 Å². The lowest BCUT2D eigenvalue weighted by Crippen LogP contribution is -2.43. The van der Waals surface area contributed by atoms with Crippen molar-refractivity contribution in [1.29, 1.82) is 5.41 Å². The summed E-state index contributed by atoms with van der Waals surface area (Å²) in [5, 5.41) is 7.45. The van der Waals surface area contributed by atoms with Gasteiger partial charge in [0.25, 0.3) is 0 Å². The van der Waals surface area contributed by atoms with Crippen LogP contribution in [0.4, 0.5) is 5.82 Å². The second-order valence-corrected chi connectivity index (χ2v) is 6.65. The Hall–Kier alpha value is -1.23. The van der Waals surface area contributed by atoms with E-state index in [0.717, 1.165) is 30.2 Å². The van der Waals surface area contributed by atoms with E-state index in [-0.39, 0.29) is 10.6 Å². The Bertz CT molecular complexity index is 430. The van der Waals surface area contributed by atoms with Gasteiger partial charge in [0.05, 0.1) is 0 Å². The van der Waals surface area contributed by atoms with Crippen LogP contribution < -0.4 is 10.6 Å². The summed E-state index contributed by atoms with van der Waals surface area (Å²) in [7, 11) is 0. The molecule has 4 nitrogen and oxygen atoms in total. The first-order valence-corrected chi connectivity index (χ1v) is 6.66. The number of anilines is 1. The average molecular weight is 250 g/mol. The Morgan fingerprint density at radius 1 is 1.59 bits per heavy atom. The van der Waals surface area contributed by atoms with Crippen LogP contribution in [-0.4, -0.2) is 34.4 Å². The van der Waals surface area contributed by atoms with E-state index in [1.165, 1.54) is 0 Å². The van der Waals surface area contributed by atoms with E-state index in [1.54, 1.807) is 12.3 Å². The number of nitrogens with one attached hydrogen (secondary N) is 1. The molecule has 5 heteroatoms. The van der Waals surface area contributed by atoms with Crippen LogP contribution >= 0.6 is 11.8 Å². The van der Waals surface area contributed by atoms with Crippen molar-refractivity contribution in [2.24, 2.45) is 5.73 Å². The minimum atomic E-state index is 0.0966. The zero-order valence-corrected chi connectivity index (χ0v) is 11.0. The molecule has 0 spiro atoms. The smallest absolute Gasteiger partial charge is 0.129 e. The van der Waals surface area contributed by atoms with Gasteiger partial charge in [-0.2, -0.15) is 11.8 Å². The standard InChI is InChI=1S/C12H18N4S/c1-12(2)8-16(5-6-17-12)10-7-9(11(13)14)3-4-15-10/h3-4,7H,5-6,8H2,1-2H3,(H3,13,14). The number of thioether (sulfide) groups is 1. The zero-order valence-electron chi connectivity index (χ0n) is 10.2. The van der Waals surface area contributed by atoms with E-state index in [4.69, 9.17) is 11.1 Å². The first-order valence-electron chi connectivity index (χ1n) is 5.67. The van der Waals surface area contributed by atoms with Crippen LogP contribution in [0.15, 0.2) is 18.3 Å². The predicted molar refractivity (Wildman–Crippen MR) is 74.0 cm³/mol. The molecule has 3 N–H and O–H groups in total. The highest BCUT2D eigenvalue weighted by atomic mass is 32.2. The molecular weight excluding hydrogens is 232 g/mol. The quantitative estimate of drug-likeness (QED) is 0.619. The predicted octanol–water partition coefficient (Wildman–Crippen LogP) is 1.70. The van der Waals surface area contributed by atoms with Crippen molar-refractivity contribution >= 4 is 23.4 Å². The maximum Gasteiger partial charge on any atom is 0.129 e. The maximum absolute atomic E-state index is 7.45. The number of pyridine rings is 1. The largest absolute Gasteiger partial charge is 0.384 e. The van der Waals surface area contributed by atoms with Gasteiger partial charge < -0.3 is 10.6 Å². The second-order valence-electron chi connectivity index (χ2n) is 4.85. The summed E-state index contributed by atoms with van der Waals surface area (Å²) >= 11 is 1.99. The fourth-order valence-electron chi connectivity index (χ4n) is 1.97. The van der Waals surface area contributed by atoms with Crippen LogP contribution in [0.25, 0.3) is 0 Å². The topological polar surface area (TPSA) is 66.0 Å². The lowest BCUT2D eigenvalue weighted by Gasteiger charge is -2.38. The third kappa shape index (κ3) is 2.91. The van der Waals surface area contributed by atoms with Crippen LogP contribution in [0.1, 0.15) is 19.4 Å². The van der Waals surface area contributed by atoms with Crippen molar-refractivity contribution in [3.05, 3.63) is 23.9 Å². The van der Waals surface area contributed by atoms with E-state index in [1.807, 2.05) is 17.8 Å². The summed E-state index contributed by atoms with van der Waals surface area (Å²) in [5.41, 5.74) is 6.24. The molecule has 0 radical (unpaired) electrons. The summed E-state index contributed by atoms with van der Waals surface area (Å²) < 4.78 is 0.256. The van der Waals surface area contributed by atoms with Gasteiger partial charge in [0.1, 0.15) is 11.7 Å². The van der Waals surface area contributed by atoms with E-state index >= 15 is 0 Å². The fourth-order valence-corrected chi connectivity index (χ4v) is 3.08. The number of hydrogen-bond donors (Lipinski definition) is 2. The number of nitrogens with two attached hydrogens (primary N) is 1. The molecule has 0 unspecified atom stereocenters. The lowest BCUT2D eigenvalue weighted by atomic mass is 10.1. The van der Waals surface area contributed by atoms with E-state index in [0.29, 0.717) is 0 Å². The summed E-state index contributed by atoms with van der Waals surface area (Å²) in [5.74, 6) is 2.13. The Morgan fingerprint density at radius 3 is 3.00 bits per heavy atom. The first-order chi connectivity index (χ1) is 7.98. The summed E-state index contributed by atoms with van der Waals surface area (Å²) in [6, 6.07) is 3.67. The molecule has 17 heavy (non-hydrogen) atoms. The van der Waals surface area contributed by atoms with Crippen LogP contribution in [0.2, 0.25) is 0 Å². The Kier molecular flexibility index (Phi) is 3.28. The van der Waals surface area contributed by atoms with Gasteiger partial charge >= 0.3 is 0 Å². The molecule has 1 saturated heterocycles. The second kappa shape index (κ2) is 4.56. The van der Waals surface area contributed by atoms with E-state index < -0.39 is 0 Å². The molecular formula is C12H18N4S. The molecule has 0 aliphatic carbocycles. The highest BCUT2D eigenvalue weighted by Crippen LogP contribution is 2.31. The first kappa shape index (κ1) is 12.2. The van der Waals surface area contributed by atoms with Crippen molar-refractivity contribution in [3.63, 3.8) is 0 Å². The minimum absolute atomic E-state index is 0.0966. The monoisotopic (exact) mass is 250 g/mol. The van der Waals surface area contributed by atoms with Crippen LogP contribution in [0, 0.1) is 5.41 Å². The van der Waals surface area contributed by atoms with Gasteiger partial charge in [0.15, 0.2) is 0 Å². The molecule has 2 heterocycles. The van der Waals surface area contributed by atoms with Crippen molar-refractivity contribution in [2.45, 2.75) is 18.6 Å². The average Bonchev–Trinajstić information content (AvgIpc) is 2.28. The maximum atomic E-state index is 7.45. The van der Waals surface area contributed by atoms with Crippen LogP contribution in [0.3, 0.4) is 0 Å². The summed E-state index contributed by atoms with van der Waals surface area (Å²) in [6.45, 7) is 6.48. The Labute approximate surface area is 106 Å². The number of aromatic nitrogens is 1. The molecule has 1 aliphatic heterocycles. The number of nitrogen functional groups attached to an aromatic ring is 1. The fraction of sp³-hybridized carbons (Fsp3) is 0.500. The molecule has 0 aromatic carbocycles. The Balaban J connectivity index is 2.22. The van der Waals surface area contributed by atoms with Gasteiger partial charge in [-0.05, 0) is 26.0 Å². The molecule has 1 aliphatic rings. The van der Waals surface area contributed by atoms with Gasteiger partial charge in [0.2, 0.25) is 0 Å². The molecule has 1 aromatic heterocycles. The lowest BCUT2D eigenvalue weighted by molar-refractivity contribution is 0.642. The number of rotatable bonds is 2. The molecule has 0 saturated carbocycles. The molecule has 1 fully saturated rings. The molecule has 1 aromatic rings.